The van der Waals surface area contributed by atoms with Gasteiger partial charge in [0.1, 0.15) is 0 Å². The van der Waals surface area contributed by atoms with Crippen molar-refractivity contribution in [1.29, 1.82) is 0 Å². The number of hydrazine groups is 1. The van der Waals surface area contributed by atoms with Gasteiger partial charge in [-0.25, -0.2) is 0 Å². The average Bonchev–Trinajstić information content (AvgIpc) is 3.43. The fourth-order valence-electron chi connectivity index (χ4n) is 4.24. The Balaban J connectivity index is 1.35. The standard InChI is InChI=1S/C24H27N3O5/c1-3-32-20-10-8-17(12-21(20)31-2)23(29)25-26-24(30)18-13-22(28)27(14-18)19-9-7-15-5-4-6-16(15)11-19/h7-12,18H,3-6,13-14H2,1-2H3,(H,25,29)(H,26,30). The van der Waals surface area contributed by atoms with Crippen molar-refractivity contribution in [3.63, 3.8) is 0 Å². The highest BCUT2D eigenvalue weighted by Gasteiger charge is 2.35. The van der Waals surface area contributed by atoms with E-state index in [0.29, 0.717) is 23.7 Å². The molecule has 0 spiro atoms. The Bertz CT molecular complexity index is 1050. The summed E-state index contributed by atoms with van der Waals surface area (Å²) in [6.45, 7) is 2.62. The molecule has 0 radical (unpaired) electrons. The van der Waals surface area contributed by atoms with Crippen molar-refractivity contribution >= 4 is 23.4 Å². The molecule has 1 unspecified atom stereocenters. The summed E-state index contributed by atoms with van der Waals surface area (Å²) in [4.78, 5) is 39.3. The number of aryl methyl sites for hydroxylation is 2. The summed E-state index contributed by atoms with van der Waals surface area (Å²) in [5.41, 5.74) is 8.62. The van der Waals surface area contributed by atoms with E-state index in [1.165, 1.54) is 18.2 Å². The monoisotopic (exact) mass is 437 g/mol. The molecule has 168 valence electrons. The van der Waals surface area contributed by atoms with Gasteiger partial charge < -0.3 is 14.4 Å². The van der Waals surface area contributed by atoms with Crippen molar-refractivity contribution in [2.45, 2.75) is 32.6 Å². The topological polar surface area (TPSA) is 97.0 Å². The molecule has 0 aromatic heterocycles. The van der Waals surface area contributed by atoms with Crippen LogP contribution < -0.4 is 25.2 Å². The highest BCUT2D eigenvalue weighted by Crippen LogP contribution is 2.31. The molecule has 3 amide bonds. The number of fused-ring (bicyclic) bond motifs is 1. The lowest BCUT2D eigenvalue weighted by molar-refractivity contribution is -0.126. The van der Waals surface area contributed by atoms with Crippen LogP contribution in [-0.4, -0.2) is 38.0 Å². The van der Waals surface area contributed by atoms with Crippen molar-refractivity contribution < 1.29 is 23.9 Å². The number of nitrogens with zero attached hydrogens (tertiary/aromatic N) is 1. The van der Waals surface area contributed by atoms with E-state index >= 15 is 0 Å². The van der Waals surface area contributed by atoms with Gasteiger partial charge in [-0.05, 0) is 67.6 Å². The van der Waals surface area contributed by atoms with E-state index in [1.54, 1.807) is 23.1 Å². The molecule has 1 aliphatic carbocycles. The maximum absolute atomic E-state index is 12.6. The van der Waals surface area contributed by atoms with E-state index in [1.807, 2.05) is 13.0 Å². The minimum atomic E-state index is -0.536. The first-order valence-corrected chi connectivity index (χ1v) is 10.8. The van der Waals surface area contributed by atoms with Gasteiger partial charge in [0.15, 0.2) is 11.5 Å². The Kier molecular flexibility index (Phi) is 6.30. The van der Waals surface area contributed by atoms with Crippen molar-refractivity contribution in [2.24, 2.45) is 5.92 Å². The predicted octanol–water partition coefficient (Wildman–Crippen LogP) is 2.40. The molecule has 1 aliphatic heterocycles. The third kappa shape index (κ3) is 4.39. The van der Waals surface area contributed by atoms with Crippen molar-refractivity contribution in [3.8, 4) is 11.5 Å². The fraction of sp³-hybridized carbons (Fsp3) is 0.375. The van der Waals surface area contributed by atoms with Crippen LogP contribution in [-0.2, 0) is 22.4 Å². The molecule has 1 atom stereocenters. The van der Waals surface area contributed by atoms with E-state index in [4.69, 9.17) is 9.47 Å². The van der Waals surface area contributed by atoms with E-state index in [9.17, 15) is 14.4 Å². The lowest BCUT2D eigenvalue weighted by Crippen LogP contribution is -2.45. The molecule has 2 aliphatic rings. The van der Waals surface area contributed by atoms with Crippen molar-refractivity contribution in [1.82, 2.24) is 10.9 Å². The van der Waals surface area contributed by atoms with Crippen molar-refractivity contribution in [2.75, 3.05) is 25.2 Å². The number of benzene rings is 2. The van der Waals surface area contributed by atoms with Crippen LogP contribution in [0.5, 0.6) is 11.5 Å². The first kappa shape index (κ1) is 21.7. The van der Waals surface area contributed by atoms with Crippen LogP contribution in [0.25, 0.3) is 0 Å². The van der Waals surface area contributed by atoms with Gasteiger partial charge in [0.25, 0.3) is 5.91 Å². The SMILES string of the molecule is CCOc1ccc(C(=O)NNC(=O)C2CC(=O)N(c3ccc4c(c3)CCC4)C2)cc1OC. The number of ether oxygens (including phenoxy) is 2. The Morgan fingerprint density at radius 3 is 2.66 bits per heavy atom. The van der Waals surface area contributed by atoms with Gasteiger partial charge in [0, 0.05) is 24.2 Å². The minimum absolute atomic E-state index is 0.0920. The molecule has 1 heterocycles. The highest BCUT2D eigenvalue weighted by molar-refractivity contribution is 6.01. The first-order valence-electron chi connectivity index (χ1n) is 10.8. The summed E-state index contributed by atoms with van der Waals surface area (Å²) in [6.07, 6.45) is 3.35. The molecule has 0 saturated carbocycles. The van der Waals surface area contributed by atoms with Crippen LogP contribution >= 0.6 is 0 Å². The number of carbonyl (C=O) groups excluding carboxylic acids is 3. The zero-order valence-corrected chi connectivity index (χ0v) is 18.3. The normalized spacial score (nSPS) is 17.1. The number of amides is 3. The number of anilines is 1. The van der Waals surface area contributed by atoms with E-state index in [2.05, 4.69) is 23.0 Å². The molecular weight excluding hydrogens is 410 g/mol. The van der Waals surface area contributed by atoms with Gasteiger partial charge in [-0.3, -0.25) is 25.2 Å². The first-order chi connectivity index (χ1) is 15.5. The minimum Gasteiger partial charge on any atom is -0.493 e. The van der Waals surface area contributed by atoms with Gasteiger partial charge in [-0.2, -0.15) is 0 Å². The van der Waals surface area contributed by atoms with Crippen LogP contribution in [0.15, 0.2) is 36.4 Å². The highest BCUT2D eigenvalue weighted by atomic mass is 16.5. The molecular formula is C24H27N3O5. The van der Waals surface area contributed by atoms with E-state index in [0.717, 1.165) is 24.9 Å². The average molecular weight is 437 g/mol. The number of hydrogen-bond acceptors (Lipinski definition) is 5. The van der Waals surface area contributed by atoms with Crippen LogP contribution in [0.4, 0.5) is 5.69 Å². The number of hydrogen-bond donors (Lipinski definition) is 2. The summed E-state index contributed by atoms with van der Waals surface area (Å²) < 4.78 is 10.7. The van der Waals surface area contributed by atoms with Gasteiger partial charge in [0.2, 0.25) is 11.8 Å². The van der Waals surface area contributed by atoms with Gasteiger partial charge in [0.05, 0.1) is 19.6 Å². The zero-order valence-electron chi connectivity index (χ0n) is 18.3. The predicted molar refractivity (Wildman–Crippen MR) is 119 cm³/mol. The molecule has 8 nitrogen and oxygen atoms in total. The molecule has 0 bridgehead atoms. The molecule has 2 aromatic carbocycles. The molecule has 8 heteroatoms. The lowest BCUT2D eigenvalue weighted by Gasteiger charge is -2.18. The quantitative estimate of drug-likeness (QED) is 0.677. The zero-order chi connectivity index (χ0) is 22.7. The van der Waals surface area contributed by atoms with Crippen LogP contribution in [0.3, 0.4) is 0 Å². The number of nitrogens with one attached hydrogen (secondary N) is 2. The van der Waals surface area contributed by atoms with Gasteiger partial charge in [-0.15, -0.1) is 0 Å². The Hall–Kier alpha value is -3.55. The lowest BCUT2D eigenvalue weighted by atomic mass is 10.1. The Morgan fingerprint density at radius 1 is 1.06 bits per heavy atom. The van der Waals surface area contributed by atoms with E-state index < -0.39 is 17.7 Å². The number of carbonyl (C=O) groups is 3. The van der Waals surface area contributed by atoms with Gasteiger partial charge >= 0.3 is 0 Å². The van der Waals surface area contributed by atoms with Gasteiger partial charge in [-0.1, -0.05) is 6.07 Å². The van der Waals surface area contributed by atoms with Crippen molar-refractivity contribution in [3.05, 3.63) is 53.1 Å². The molecule has 4 rings (SSSR count). The molecule has 2 N–H and O–H groups in total. The fourth-order valence-corrected chi connectivity index (χ4v) is 4.24. The molecule has 32 heavy (non-hydrogen) atoms. The molecule has 2 aromatic rings. The molecule has 1 fully saturated rings. The summed E-state index contributed by atoms with van der Waals surface area (Å²) in [7, 11) is 1.49. The maximum Gasteiger partial charge on any atom is 0.269 e. The summed E-state index contributed by atoms with van der Waals surface area (Å²) in [5.74, 6) is -0.548. The third-order valence-electron chi connectivity index (χ3n) is 5.91. The maximum atomic E-state index is 12.6. The Morgan fingerprint density at radius 2 is 1.88 bits per heavy atom. The van der Waals surface area contributed by atoms with Crippen LogP contribution in [0.1, 0.15) is 41.3 Å². The second-order valence-corrected chi connectivity index (χ2v) is 7.95. The summed E-state index contributed by atoms with van der Waals surface area (Å²) in [6, 6.07) is 10.8. The van der Waals surface area contributed by atoms with Crippen LogP contribution in [0, 0.1) is 5.92 Å². The van der Waals surface area contributed by atoms with E-state index in [-0.39, 0.29) is 18.9 Å². The van der Waals surface area contributed by atoms with Crippen LogP contribution in [0.2, 0.25) is 0 Å². The largest absolute Gasteiger partial charge is 0.493 e. The second kappa shape index (κ2) is 9.30. The second-order valence-electron chi connectivity index (χ2n) is 7.95. The Labute approximate surface area is 186 Å². The summed E-state index contributed by atoms with van der Waals surface area (Å²) in [5, 5.41) is 0. The number of methoxy groups -OCH3 is 1. The summed E-state index contributed by atoms with van der Waals surface area (Å²) >= 11 is 0. The molecule has 1 saturated heterocycles. The number of rotatable bonds is 6. The smallest absolute Gasteiger partial charge is 0.269 e. The third-order valence-corrected chi connectivity index (χ3v) is 5.91.